The monoisotopic (exact) mass is 417 g/mol. The van der Waals surface area contributed by atoms with Gasteiger partial charge in [0.1, 0.15) is 0 Å². The Labute approximate surface area is 168 Å². The lowest BCUT2D eigenvalue weighted by Gasteiger charge is -2.44. The van der Waals surface area contributed by atoms with E-state index in [1.807, 2.05) is 0 Å². The van der Waals surface area contributed by atoms with Gasteiger partial charge < -0.3 is 11.1 Å². The van der Waals surface area contributed by atoms with Crippen LogP contribution in [0.25, 0.3) is 0 Å². The van der Waals surface area contributed by atoms with Crippen LogP contribution in [0.4, 0.5) is 13.2 Å². The van der Waals surface area contributed by atoms with Crippen LogP contribution in [0.1, 0.15) is 6.42 Å². The second kappa shape index (κ2) is 8.69. The summed E-state index contributed by atoms with van der Waals surface area (Å²) in [5.41, 5.74) is 6.67. The SMILES string of the molecule is C=C(Cl)/C(=C\C(=C)C1NCC(C2=CCNC2)C(N2CCC(N)C2)N1)C(F)(F)F. The van der Waals surface area contributed by atoms with E-state index in [2.05, 4.69) is 40.1 Å². The lowest BCUT2D eigenvalue weighted by molar-refractivity contribution is -0.0886. The molecule has 0 aromatic carbocycles. The summed E-state index contributed by atoms with van der Waals surface area (Å²) in [6.07, 6.45) is -1.05. The molecular weight excluding hydrogens is 391 g/mol. The average Bonchev–Trinajstić information content (AvgIpc) is 3.29. The molecule has 4 atom stereocenters. The lowest BCUT2D eigenvalue weighted by atomic mass is 9.92. The van der Waals surface area contributed by atoms with E-state index in [4.69, 9.17) is 17.3 Å². The topological polar surface area (TPSA) is 65.3 Å². The van der Waals surface area contributed by atoms with Crippen molar-refractivity contribution in [2.75, 3.05) is 32.7 Å². The lowest BCUT2D eigenvalue weighted by Crippen LogP contribution is -2.64. The fraction of sp³-hybridized carbons (Fsp3) is 0.579. The van der Waals surface area contributed by atoms with Crippen molar-refractivity contribution >= 4 is 11.6 Å². The molecule has 0 radical (unpaired) electrons. The number of allylic oxidation sites excluding steroid dienone is 2. The molecule has 156 valence electrons. The van der Waals surface area contributed by atoms with Crippen molar-refractivity contribution in [3.63, 3.8) is 0 Å². The van der Waals surface area contributed by atoms with Crippen LogP contribution in [0, 0.1) is 5.92 Å². The van der Waals surface area contributed by atoms with Gasteiger partial charge >= 0.3 is 6.18 Å². The average molecular weight is 418 g/mol. The minimum absolute atomic E-state index is 0.0235. The fourth-order valence-corrected chi connectivity index (χ4v) is 4.22. The van der Waals surface area contributed by atoms with Crippen molar-refractivity contribution in [2.45, 2.75) is 31.0 Å². The number of hydrogen-bond donors (Lipinski definition) is 4. The van der Waals surface area contributed by atoms with E-state index in [1.54, 1.807) is 0 Å². The Morgan fingerprint density at radius 2 is 2.11 bits per heavy atom. The smallest absolute Gasteiger partial charge is 0.326 e. The van der Waals surface area contributed by atoms with Gasteiger partial charge in [0.2, 0.25) is 0 Å². The van der Waals surface area contributed by atoms with Gasteiger partial charge in [0.25, 0.3) is 0 Å². The Kier molecular flexibility index (Phi) is 6.69. The summed E-state index contributed by atoms with van der Waals surface area (Å²) in [5, 5.41) is 9.49. The molecule has 3 aliphatic rings. The summed E-state index contributed by atoms with van der Waals surface area (Å²) in [4.78, 5) is 2.28. The van der Waals surface area contributed by atoms with Gasteiger partial charge in [0, 0.05) is 49.7 Å². The predicted molar refractivity (Wildman–Crippen MR) is 106 cm³/mol. The summed E-state index contributed by atoms with van der Waals surface area (Å²) < 4.78 is 39.6. The highest BCUT2D eigenvalue weighted by Gasteiger charge is 2.40. The van der Waals surface area contributed by atoms with E-state index < -0.39 is 22.9 Å². The Morgan fingerprint density at radius 1 is 1.36 bits per heavy atom. The molecule has 3 heterocycles. The van der Waals surface area contributed by atoms with Crippen molar-refractivity contribution in [3.8, 4) is 0 Å². The standard InChI is InChI=1S/C19H27ClF3N5/c1-11(7-16(12(2)20)19(21,22)23)17-26-9-15(13-3-5-25-8-13)18(27-17)28-6-4-14(24)10-28/h3,7,14-15,17-18,25-27H,1-2,4-6,8-10,24H2/b16-7+. The second-order valence-corrected chi connectivity index (χ2v) is 8.00. The first-order chi connectivity index (χ1) is 13.2. The molecule has 0 aromatic rings. The summed E-state index contributed by atoms with van der Waals surface area (Å²) in [5.74, 6) is 0.207. The van der Waals surface area contributed by atoms with E-state index in [0.717, 1.165) is 38.7 Å². The van der Waals surface area contributed by atoms with Crippen LogP contribution in [-0.4, -0.2) is 62.2 Å². The molecule has 9 heteroatoms. The molecule has 5 nitrogen and oxygen atoms in total. The summed E-state index contributed by atoms with van der Waals surface area (Å²) in [6.45, 7) is 11.0. The quantitative estimate of drug-likeness (QED) is 0.406. The predicted octanol–water partition coefficient (Wildman–Crippen LogP) is 1.81. The maximum absolute atomic E-state index is 13.2. The minimum atomic E-state index is -4.58. The number of nitrogens with zero attached hydrogens (tertiary/aromatic N) is 1. The van der Waals surface area contributed by atoms with Crippen LogP contribution < -0.4 is 21.7 Å². The normalized spacial score (nSPS) is 32.5. The van der Waals surface area contributed by atoms with Crippen LogP contribution in [0.15, 0.2) is 47.1 Å². The maximum atomic E-state index is 13.2. The van der Waals surface area contributed by atoms with E-state index in [1.165, 1.54) is 5.57 Å². The van der Waals surface area contributed by atoms with Crippen molar-refractivity contribution in [2.24, 2.45) is 11.7 Å². The fourth-order valence-electron chi connectivity index (χ4n) is 4.06. The maximum Gasteiger partial charge on any atom is 0.417 e. The molecule has 0 aromatic heterocycles. The Balaban J connectivity index is 1.79. The number of rotatable bonds is 5. The summed E-state index contributed by atoms with van der Waals surface area (Å²) in [7, 11) is 0. The molecule has 0 aliphatic carbocycles. The third-order valence-corrected chi connectivity index (χ3v) is 5.73. The number of nitrogens with two attached hydrogens (primary N) is 1. The Morgan fingerprint density at radius 3 is 2.64 bits per heavy atom. The highest BCUT2D eigenvalue weighted by Crippen LogP contribution is 2.34. The van der Waals surface area contributed by atoms with Crippen LogP contribution in [0.2, 0.25) is 0 Å². The van der Waals surface area contributed by atoms with Crippen molar-refractivity contribution in [1.82, 2.24) is 20.9 Å². The number of nitrogens with one attached hydrogen (secondary N) is 3. The van der Waals surface area contributed by atoms with Crippen LogP contribution in [0.5, 0.6) is 0 Å². The van der Waals surface area contributed by atoms with Crippen molar-refractivity contribution < 1.29 is 13.2 Å². The molecule has 0 saturated carbocycles. The van der Waals surface area contributed by atoms with Crippen LogP contribution in [-0.2, 0) is 0 Å². The van der Waals surface area contributed by atoms with E-state index in [-0.39, 0.29) is 23.7 Å². The third-order valence-electron chi connectivity index (χ3n) is 5.52. The molecule has 4 unspecified atom stereocenters. The van der Waals surface area contributed by atoms with Gasteiger partial charge in [-0.1, -0.05) is 36.4 Å². The van der Waals surface area contributed by atoms with E-state index in [0.29, 0.717) is 6.54 Å². The number of alkyl halides is 3. The van der Waals surface area contributed by atoms with Gasteiger partial charge in [0.15, 0.2) is 0 Å². The van der Waals surface area contributed by atoms with Crippen LogP contribution >= 0.6 is 11.6 Å². The molecular formula is C19H27ClF3N5. The van der Waals surface area contributed by atoms with E-state index in [9.17, 15) is 13.2 Å². The van der Waals surface area contributed by atoms with Gasteiger partial charge in [-0.2, -0.15) is 13.2 Å². The minimum Gasteiger partial charge on any atom is -0.326 e. The van der Waals surface area contributed by atoms with Gasteiger partial charge in [-0.05, 0) is 18.1 Å². The van der Waals surface area contributed by atoms with Gasteiger partial charge in [0.05, 0.1) is 17.9 Å². The summed E-state index contributed by atoms with van der Waals surface area (Å²) in [6, 6.07) is 0.117. The molecule has 0 amide bonds. The number of hydrogen-bond acceptors (Lipinski definition) is 5. The van der Waals surface area contributed by atoms with Crippen molar-refractivity contribution in [1.29, 1.82) is 0 Å². The molecule has 2 fully saturated rings. The van der Waals surface area contributed by atoms with Gasteiger partial charge in [-0.25, -0.2) is 0 Å². The zero-order valence-corrected chi connectivity index (χ0v) is 16.4. The van der Waals surface area contributed by atoms with Gasteiger partial charge in [-0.3, -0.25) is 15.5 Å². The first kappa shape index (κ1) is 21.5. The Hall–Kier alpha value is -1.16. The highest BCUT2D eigenvalue weighted by atomic mass is 35.5. The molecule has 5 N–H and O–H groups in total. The van der Waals surface area contributed by atoms with Crippen LogP contribution in [0.3, 0.4) is 0 Å². The Bertz CT molecular complexity index is 688. The number of likely N-dealkylation sites (tertiary alicyclic amines) is 1. The molecule has 28 heavy (non-hydrogen) atoms. The molecule has 3 rings (SSSR count). The van der Waals surface area contributed by atoms with Gasteiger partial charge in [-0.15, -0.1) is 0 Å². The molecule has 2 saturated heterocycles. The van der Waals surface area contributed by atoms with E-state index >= 15 is 0 Å². The zero-order valence-electron chi connectivity index (χ0n) is 15.7. The first-order valence-electron chi connectivity index (χ1n) is 9.38. The number of halogens is 4. The largest absolute Gasteiger partial charge is 0.417 e. The molecule has 0 spiro atoms. The van der Waals surface area contributed by atoms with Crippen molar-refractivity contribution in [3.05, 3.63) is 47.1 Å². The first-order valence-corrected chi connectivity index (χ1v) is 9.75. The zero-order chi connectivity index (χ0) is 20.5. The highest BCUT2D eigenvalue weighted by molar-refractivity contribution is 6.31. The molecule has 0 bridgehead atoms. The third kappa shape index (κ3) is 4.87. The summed E-state index contributed by atoms with van der Waals surface area (Å²) >= 11 is 5.57. The second-order valence-electron chi connectivity index (χ2n) is 7.55. The molecule has 3 aliphatic heterocycles.